The topological polar surface area (TPSA) is 71.1 Å². The summed E-state index contributed by atoms with van der Waals surface area (Å²) in [4.78, 5) is 24.5. The quantitative estimate of drug-likeness (QED) is 0.249. The number of benzene rings is 3. The van der Waals surface area contributed by atoms with Gasteiger partial charge in [-0.2, -0.15) is 0 Å². The van der Waals surface area contributed by atoms with Crippen molar-refractivity contribution in [3.63, 3.8) is 0 Å². The molecule has 0 saturated heterocycles. The van der Waals surface area contributed by atoms with Gasteiger partial charge in [0.05, 0.1) is 17.7 Å². The molecule has 0 aliphatic heterocycles. The standard InChI is InChI=1S/C26H26O6/c1-19(2)18-31-23-12-8-21(9-13-23)26(28)32-24-14-10-20(11-15-24)25(27)30-17-16-29-22-6-4-3-5-7-22/h3-15,19H,16-18H2,1-2H3. The van der Waals surface area contributed by atoms with Gasteiger partial charge in [0, 0.05) is 0 Å². The number of esters is 2. The average Bonchev–Trinajstić information content (AvgIpc) is 2.82. The largest absolute Gasteiger partial charge is 0.493 e. The molecule has 0 aliphatic rings. The first kappa shape index (κ1) is 22.9. The molecule has 0 heterocycles. The van der Waals surface area contributed by atoms with Crippen LogP contribution in [0.1, 0.15) is 34.6 Å². The van der Waals surface area contributed by atoms with Crippen molar-refractivity contribution in [2.45, 2.75) is 13.8 Å². The van der Waals surface area contributed by atoms with Crippen molar-refractivity contribution in [3.8, 4) is 17.2 Å². The van der Waals surface area contributed by atoms with E-state index in [4.69, 9.17) is 18.9 Å². The van der Waals surface area contributed by atoms with Gasteiger partial charge in [0.2, 0.25) is 0 Å². The van der Waals surface area contributed by atoms with E-state index in [1.807, 2.05) is 30.3 Å². The van der Waals surface area contributed by atoms with Gasteiger partial charge in [0.15, 0.2) is 0 Å². The molecule has 0 unspecified atom stereocenters. The minimum Gasteiger partial charge on any atom is -0.493 e. The molecule has 6 nitrogen and oxygen atoms in total. The molecule has 3 aromatic carbocycles. The first-order chi connectivity index (χ1) is 15.5. The van der Waals surface area contributed by atoms with Gasteiger partial charge < -0.3 is 18.9 Å². The molecule has 0 fully saturated rings. The smallest absolute Gasteiger partial charge is 0.343 e. The predicted octanol–water partition coefficient (Wildman–Crippen LogP) is 5.18. The molecule has 0 aromatic heterocycles. The summed E-state index contributed by atoms with van der Waals surface area (Å²) < 4.78 is 21.7. The molecule has 0 N–H and O–H groups in total. The fourth-order valence-corrected chi connectivity index (χ4v) is 2.67. The molecule has 0 saturated carbocycles. The second kappa shape index (κ2) is 11.6. The zero-order chi connectivity index (χ0) is 22.8. The molecular formula is C26H26O6. The summed E-state index contributed by atoms with van der Waals surface area (Å²) in [6.07, 6.45) is 0. The van der Waals surface area contributed by atoms with Crippen LogP contribution in [-0.2, 0) is 4.74 Å². The highest BCUT2D eigenvalue weighted by Crippen LogP contribution is 2.18. The molecule has 0 aliphatic carbocycles. The Bertz CT molecular complexity index is 995. The van der Waals surface area contributed by atoms with Gasteiger partial charge >= 0.3 is 11.9 Å². The van der Waals surface area contributed by atoms with Gasteiger partial charge in [-0.05, 0) is 66.6 Å². The van der Waals surface area contributed by atoms with Crippen molar-refractivity contribution in [1.29, 1.82) is 0 Å². The third-order valence-electron chi connectivity index (χ3n) is 4.30. The van der Waals surface area contributed by atoms with Crippen LogP contribution in [0.25, 0.3) is 0 Å². The van der Waals surface area contributed by atoms with E-state index < -0.39 is 11.9 Å². The number of carbonyl (C=O) groups excluding carboxylic acids is 2. The predicted molar refractivity (Wildman–Crippen MR) is 120 cm³/mol. The molecule has 6 heteroatoms. The Kier molecular flexibility index (Phi) is 8.26. The maximum absolute atomic E-state index is 12.3. The third kappa shape index (κ3) is 7.16. The Hall–Kier alpha value is -3.80. The van der Waals surface area contributed by atoms with Gasteiger partial charge in [-0.15, -0.1) is 0 Å². The summed E-state index contributed by atoms with van der Waals surface area (Å²) >= 11 is 0. The molecule has 0 spiro atoms. The van der Waals surface area contributed by atoms with Crippen LogP contribution in [0.3, 0.4) is 0 Å². The van der Waals surface area contributed by atoms with Crippen molar-refractivity contribution in [2.24, 2.45) is 5.92 Å². The first-order valence-electron chi connectivity index (χ1n) is 10.4. The fourth-order valence-electron chi connectivity index (χ4n) is 2.67. The summed E-state index contributed by atoms with van der Waals surface area (Å²) in [7, 11) is 0. The van der Waals surface area contributed by atoms with E-state index in [1.54, 1.807) is 48.5 Å². The molecule has 3 aromatic rings. The summed E-state index contributed by atoms with van der Waals surface area (Å²) in [5.41, 5.74) is 0.764. The second-order valence-corrected chi connectivity index (χ2v) is 7.44. The third-order valence-corrected chi connectivity index (χ3v) is 4.30. The Labute approximate surface area is 187 Å². The highest BCUT2D eigenvalue weighted by molar-refractivity contribution is 5.92. The maximum atomic E-state index is 12.3. The van der Waals surface area contributed by atoms with Gasteiger partial charge in [0.25, 0.3) is 0 Å². The normalized spacial score (nSPS) is 10.5. The Balaban J connectivity index is 1.45. The maximum Gasteiger partial charge on any atom is 0.343 e. The minimum absolute atomic E-state index is 0.126. The van der Waals surface area contributed by atoms with Crippen LogP contribution < -0.4 is 14.2 Å². The number of para-hydroxylation sites is 1. The van der Waals surface area contributed by atoms with Gasteiger partial charge in [-0.1, -0.05) is 32.0 Å². The SMILES string of the molecule is CC(C)COc1ccc(C(=O)Oc2ccc(C(=O)OCCOc3ccccc3)cc2)cc1. The minimum atomic E-state index is -0.492. The zero-order valence-corrected chi connectivity index (χ0v) is 18.2. The molecule has 0 bridgehead atoms. The van der Waals surface area contributed by atoms with E-state index in [1.165, 1.54) is 0 Å². The van der Waals surface area contributed by atoms with E-state index in [2.05, 4.69) is 13.8 Å². The van der Waals surface area contributed by atoms with Crippen molar-refractivity contribution >= 4 is 11.9 Å². The van der Waals surface area contributed by atoms with Gasteiger partial charge in [-0.25, -0.2) is 9.59 Å². The van der Waals surface area contributed by atoms with Crippen LogP contribution in [0.4, 0.5) is 0 Å². The van der Waals surface area contributed by atoms with Crippen LogP contribution >= 0.6 is 0 Å². The molecule has 0 amide bonds. The lowest BCUT2D eigenvalue weighted by atomic mass is 10.2. The van der Waals surface area contributed by atoms with Crippen molar-refractivity contribution in [2.75, 3.05) is 19.8 Å². The molecule has 0 atom stereocenters. The molecule has 0 radical (unpaired) electrons. The number of hydrogen-bond donors (Lipinski definition) is 0. The zero-order valence-electron chi connectivity index (χ0n) is 18.2. The lowest BCUT2D eigenvalue weighted by Crippen LogP contribution is -2.12. The highest BCUT2D eigenvalue weighted by Gasteiger charge is 2.11. The summed E-state index contributed by atoms with van der Waals surface area (Å²) in [5, 5.41) is 0. The van der Waals surface area contributed by atoms with E-state index in [9.17, 15) is 9.59 Å². The summed E-state index contributed by atoms with van der Waals surface area (Å²) in [6, 6.07) is 22.3. The van der Waals surface area contributed by atoms with Crippen molar-refractivity contribution in [1.82, 2.24) is 0 Å². The average molecular weight is 434 g/mol. The Morgan fingerprint density at radius 3 is 1.84 bits per heavy atom. The summed E-state index contributed by atoms with van der Waals surface area (Å²) in [5.74, 6) is 1.20. The fraction of sp³-hybridized carbons (Fsp3) is 0.231. The lowest BCUT2D eigenvalue weighted by Gasteiger charge is -2.09. The number of carbonyl (C=O) groups is 2. The van der Waals surface area contributed by atoms with Gasteiger partial charge in [0.1, 0.15) is 30.5 Å². The van der Waals surface area contributed by atoms with Crippen LogP contribution in [0.15, 0.2) is 78.9 Å². The molecular weight excluding hydrogens is 408 g/mol. The molecule has 32 heavy (non-hydrogen) atoms. The molecule has 166 valence electrons. The van der Waals surface area contributed by atoms with Crippen molar-refractivity contribution in [3.05, 3.63) is 90.0 Å². The van der Waals surface area contributed by atoms with Crippen LogP contribution in [0.2, 0.25) is 0 Å². The van der Waals surface area contributed by atoms with E-state index in [-0.39, 0.29) is 13.2 Å². The van der Waals surface area contributed by atoms with E-state index >= 15 is 0 Å². The Morgan fingerprint density at radius 2 is 1.22 bits per heavy atom. The first-order valence-corrected chi connectivity index (χ1v) is 10.4. The lowest BCUT2D eigenvalue weighted by molar-refractivity contribution is 0.0450. The highest BCUT2D eigenvalue weighted by atomic mass is 16.6. The monoisotopic (exact) mass is 434 g/mol. The van der Waals surface area contributed by atoms with Crippen LogP contribution in [-0.4, -0.2) is 31.8 Å². The van der Waals surface area contributed by atoms with Crippen molar-refractivity contribution < 1.29 is 28.5 Å². The number of rotatable bonds is 10. The number of hydrogen-bond acceptors (Lipinski definition) is 6. The Morgan fingerprint density at radius 1 is 0.656 bits per heavy atom. The van der Waals surface area contributed by atoms with Crippen LogP contribution in [0, 0.1) is 5.92 Å². The van der Waals surface area contributed by atoms with E-state index in [0.717, 1.165) is 0 Å². The van der Waals surface area contributed by atoms with E-state index in [0.29, 0.717) is 40.9 Å². The summed E-state index contributed by atoms with van der Waals surface area (Å²) in [6.45, 7) is 5.13. The number of ether oxygens (including phenoxy) is 4. The molecule has 3 rings (SSSR count). The van der Waals surface area contributed by atoms with Crippen LogP contribution in [0.5, 0.6) is 17.2 Å². The van der Waals surface area contributed by atoms with Gasteiger partial charge in [-0.3, -0.25) is 0 Å². The second-order valence-electron chi connectivity index (χ2n) is 7.44.